The second-order valence-electron chi connectivity index (χ2n) is 5.69. The highest BCUT2D eigenvalue weighted by molar-refractivity contribution is 7.89. The van der Waals surface area contributed by atoms with E-state index >= 15 is 0 Å². The van der Waals surface area contributed by atoms with E-state index in [9.17, 15) is 13.2 Å². The molecular formula is C16H21N3O3S. The molecule has 0 atom stereocenters. The minimum atomic E-state index is -3.73. The van der Waals surface area contributed by atoms with Crippen LogP contribution >= 0.6 is 0 Å². The zero-order valence-corrected chi connectivity index (χ0v) is 14.1. The molecule has 0 bridgehead atoms. The molecule has 2 rings (SSSR count). The zero-order valence-electron chi connectivity index (χ0n) is 13.2. The number of carbonyl (C=O) groups excluding carboxylic acids is 1. The predicted octanol–water partition coefficient (Wildman–Crippen LogP) is 1.58. The Labute approximate surface area is 137 Å². The van der Waals surface area contributed by atoms with Gasteiger partial charge in [0.25, 0.3) is 0 Å². The van der Waals surface area contributed by atoms with Crippen molar-refractivity contribution in [3.05, 3.63) is 29.8 Å². The molecule has 1 aliphatic heterocycles. The Balaban J connectivity index is 2.06. The number of carbonyl (C=O) groups is 1. The van der Waals surface area contributed by atoms with Gasteiger partial charge in [-0.05, 0) is 37.1 Å². The van der Waals surface area contributed by atoms with Crippen LogP contribution in [-0.2, 0) is 14.8 Å². The molecule has 0 unspecified atom stereocenters. The number of benzene rings is 1. The van der Waals surface area contributed by atoms with E-state index < -0.39 is 10.0 Å². The molecule has 6 nitrogen and oxygen atoms in total. The van der Waals surface area contributed by atoms with E-state index in [-0.39, 0.29) is 17.3 Å². The summed E-state index contributed by atoms with van der Waals surface area (Å²) in [6.07, 6.45) is 4.17. The van der Waals surface area contributed by atoms with Crippen LogP contribution in [-0.4, -0.2) is 50.2 Å². The van der Waals surface area contributed by atoms with E-state index in [1.165, 1.54) is 31.3 Å². The quantitative estimate of drug-likeness (QED) is 0.836. The topological polar surface area (TPSA) is 81.5 Å². The fraction of sp³-hybridized carbons (Fsp3) is 0.500. The van der Waals surface area contributed by atoms with Crippen LogP contribution < -0.4 is 0 Å². The van der Waals surface area contributed by atoms with Gasteiger partial charge in [-0.15, -0.1) is 0 Å². The molecule has 0 spiro atoms. The molecular weight excluding hydrogens is 314 g/mol. The van der Waals surface area contributed by atoms with Crippen molar-refractivity contribution in [1.82, 2.24) is 9.21 Å². The third kappa shape index (κ3) is 4.30. The Morgan fingerprint density at radius 1 is 1.17 bits per heavy atom. The summed E-state index contributed by atoms with van der Waals surface area (Å²) in [5.74, 6) is -0.161. The van der Waals surface area contributed by atoms with Gasteiger partial charge >= 0.3 is 0 Å². The number of nitrogens with zero attached hydrogens (tertiary/aromatic N) is 3. The van der Waals surface area contributed by atoms with Crippen LogP contribution in [0.15, 0.2) is 29.2 Å². The zero-order chi connectivity index (χ0) is 16.9. The molecule has 0 N–H and O–H groups in total. The van der Waals surface area contributed by atoms with Crippen molar-refractivity contribution in [2.24, 2.45) is 0 Å². The van der Waals surface area contributed by atoms with Crippen molar-refractivity contribution >= 4 is 15.9 Å². The molecule has 1 aliphatic rings. The van der Waals surface area contributed by atoms with Gasteiger partial charge in [0.05, 0.1) is 23.1 Å². The van der Waals surface area contributed by atoms with Crippen molar-refractivity contribution < 1.29 is 13.2 Å². The Bertz CT molecular complexity index is 684. The average Bonchev–Trinajstić information content (AvgIpc) is 2.84. The Morgan fingerprint density at radius 3 is 2.26 bits per heavy atom. The van der Waals surface area contributed by atoms with Crippen LogP contribution in [0.4, 0.5) is 0 Å². The number of hydrogen-bond donors (Lipinski definition) is 0. The van der Waals surface area contributed by atoms with Crippen LogP contribution in [0.1, 0.15) is 31.2 Å². The van der Waals surface area contributed by atoms with Gasteiger partial charge in [-0.3, -0.25) is 4.79 Å². The third-order valence-corrected chi connectivity index (χ3v) is 5.83. The largest absolute Gasteiger partial charge is 0.342 e. The first-order valence-electron chi connectivity index (χ1n) is 7.69. The van der Waals surface area contributed by atoms with Gasteiger partial charge in [0.2, 0.25) is 15.9 Å². The second-order valence-corrected chi connectivity index (χ2v) is 7.74. The number of hydrogen-bond acceptors (Lipinski definition) is 4. The summed E-state index contributed by atoms with van der Waals surface area (Å²) in [7, 11) is -2.32. The van der Waals surface area contributed by atoms with Gasteiger partial charge in [0, 0.05) is 20.1 Å². The lowest BCUT2D eigenvalue weighted by atomic mass is 10.2. The van der Waals surface area contributed by atoms with Gasteiger partial charge in [-0.25, -0.2) is 8.42 Å². The van der Waals surface area contributed by atoms with E-state index in [0.29, 0.717) is 18.7 Å². The van der Waals surface area contributed by atoms with Crippen molar-refractivity contribution in [2.45, 2.75) is 30.6 Å². The lowest BCUT2D eigenvalue weighted by Crippen LogP contribution is -2.41. The fourth-order valence-electron chi connectivity index (χ4n) is 2.58. The first-order valence-corrected chi connectivity index (χ1v) is 9.13. The summed E-state index contributed by atoms with van der Waals surface area (Å²) >= 11 is 0. The predicted molar refractivity (Wildman–Crippen MR) is 86.0 cm³/mol. The average molecular weight is 335 g/mol. The molecule has 23 heavy (non-hydrogen) atoms. The van der Waals surface area contributed by atoms with Crippen molar-refractivity contribution in [2.75, 3.05) is 26.7 Å². The minimum Gasteiger partial charge on any atom is -0.342 e. The number of likely N-dealkylation sites (tertiary alicyclic amines) is 1. The Morgan fingerprint density at radius 2 is 1.74 bits per heavy atom. The van der Waals surface area contributed by atoms with Gasteiger partial charge in [0.1, 0.15) is 0 Å². The van der Waals surface area contributed by atoms with Crippen LogP contribution in [0, 0.1) is 11.3 Å². The molecule has 1 amide bonds. The summed E-state index contributed by atoms with van der Waals surface area (Å²) in [4.78, 5) is 14.2. The Hall–Kier alpha value is -1.91. The number of amides is 1. The second kappa shape index (κ2) is 7.57. The molecule has 0 saturated carbocycles. The van der Waals surface area contributed by atoms with Crippen molar-refractivity contribution in [3.63, 3.8) is 0 Å². The molecule has 0 radical (unpaired) electrons. The molecule has 0 aromatic heterocycles. The number of sulfonamides is 1. The van der Waals surface area contributed by atoms with Crippen LogP contribution in [0.3, 0.4) is 0 Å². The van der Waals surface area contributed by atoms with Crippen molar-refractivity contribution in [1.29, 1.82) is 5.26 Å². The number of rotatable bonds is 4. The highest BCUT2D eigenvalue weighted by Gasteiger charge is 2.25. The van der Waals surface area contributed by atoms with E-state index in [1.54, 1.807) is 4.90 Å². The van der Waals surface area contributed by atoms with Gasteiger partial charge in [0.15, 0.2) is 0 Å². The molecule has 1 heterocycles. The molecule has 1 fully saturated rings. The highest BCUT2D eigenvalue weighted by atomic mass is 32.2. The van der Waals surface area contributed by atoms with Crippen LogP contribution in [0.25, 0.3) is 0 Å². The monoisotopic (exact) mass is 335 g/mol. The lowest BCUT2D eigenvalue weighted by Gasteiger charge is -2.24. The standard InChI is InChI=1S/C16H21N3O3S/c1-18(13-16(20)19-10-4-2-3-5-11-19)23(21,22)15-8-6-14(12-17)7-9-15/h6-9H,2-5,10-11,13H2,1H3. The van der Waals surface area contributed by atoms with E-state index in [0.717, 1.165) is 30.0 Å². The molecule has 1 aromatic rings. The van der Waals surface area contributed by atoms with Gasteiger partial charge in [-0.2, -0.15) is 9.57 Å². The maximum Gasteiger partial charge on any atom is 0.243 e. The summed E-state index contributed by atoms with van der Waals surface area (Å²) in [6.45, 7) is 1.23. The first-order chi connectivity index (χ1) is 10.9. The molecule has 7 heteroatoms. The summed E-state index contributed by atoms with van der Waals surface area (Å²) in [6, 6.07) is 7.64. The molecule has 124 valence electrons. The van der Waals surface area contributed by atoms with Crippen LogP contribution in [0.2, 0.25) is 0 Å². The number of likely N-dealkylation sites (N-methyl/N-ethyl adjacent to an activating group) is 1. The number of nitriles is 1. The van der Waals surface area contributed by atoms with Crippen LogP contribution in [0.5, 0.6) is 0 Å². The third-order valence-electron chi connectivity index (χ3n) is 4.01. The van der Waals surface area contributed by atoms with Gasteiger partial charge in [-0.1, -0.05) is 12.8 Å². The first kappa shape index (κ1) is 17.4. The fourth-order valence-corrected chi connectivity index (χ4v) is 3.70. The lowest BCUT2D eigenvalue weighted by molar-refractivity contribution is -0.131. The Kier molecular flexibility index (Phi) is 5.74. The molecule has 1 aromatic carbocycles. The minimum absolute atomic E-state index is 0.0858. The van der Waals surface area contributed by atoms with E-state index in [2.05, 4.69) is 0 Å². The normalized spacial score (nSPS) is 16.0. The van der Waals surface area contributed by atoms with Crippen molar-refractivity contribution in [3.8, 4) is 6.07 Å². The summed E-state index contributed by atoms with van der Waals surface area (Å²) in [5.41, 5.74) is 0.396. The van der Waals surface area contributed by atoms with Gasteiger partial charge < -0.3 is 4.90 Å². The smallest absolute Gasteiger partial charge is 0.243 e. The maximum absolute atomic E-state index is 12.5. The highest BCUT2D eigenvalue weighted by Crippen LogP contribution is 2.16. The van der Waals surface area contributed by atoms with E-state index in [4.69, 9.17) is 5.26 Å². The maximum atomic E-state index is 12.5. The van der Waals surface area contributed by atoms with E-state index in [1.807, 2.05) is 6.07 Å². The molecule has 1 saturated heterocycles. The summed E-state index contributed by atoms with van der Waals surface area (Å²) < 4.78 is 26.1. The summed E-state index contributed by atoms with van der Waals surface area (Å²) in [5, 5.41) is 8.77. The SMILES string of the molecule is CN(CC(=O)N1CCCCCC1)S(=O)(=O)c1ccc(C#N)cc1. The molecule has 0 aliphatic carbocycles.